The number of carbonyl (C=O) groups is 1. The quantitative estimate of drug-likeness (QED) is 0.489. The lowest BCUT2D eigenvalue weighted by atomic mass is 10.2. The zero-order chi connectivity index (χ0) is 12.7. The van der Waals surface area contributed by atoms with Gasteiger partial charge in [0.05, 0.1) is 5.56 Å². The number of hydrogen-bond acceptors (Lipinski definition) is 5. The molecule has 0 bridgehead atoms. The topological polar surface area (TPSA) is 115 Å². The number of para-hydroxylation sites is 1. The minimum atomic E-state index is 0.0347. The second-order valence-corrected chi connectivity index (χ2v) is 1.68. The summed E-state index contributed by atoms with van der Waals surface area (Å²) in [5, 5.41) is 8.88. The maximum atomic E-state index is 10.1. The van der Waals surface area contributed by atoms with Crippen molar-refractivity contribution < 1.29 is 9.90 Å². The average molecular weight is 215 g/mol. The van der Waals surface area contributed by atoms with Crippen molar-refractivity contribution >= 4 is 6.29 Å². The molecule has 0 unspecified atom stereocenters. The molecule has 5 nitrogen and oxygen atoms in total. The lowest BCUT2D eigenvalue weighted by molar-refractivity contribution is 0.112. The van der Waals surface area contributed by atoms with E-state index in [1.165, 1.54) is 27.2 Å². The highest BCUT2D eigenvalue weighted by molar-refractivity contribution is 5.78. The van der Waals surface area contributed by atoms with Gasteiger partial charge in [0.15, 0.2) is 6.29 Å². The van der Waals surface area contributed by atoms with Crippen LogP contribution in [0.3, 0.4) is 0 Å². The van der Waals surface area contributed by atoms with E-state index in [4.69, 9.17) is 5.11 Å². The van der Waals surface area contributed by atoms with E-state index in [0.717, 1.165) is 0 Å². The predicted octanol–water partition coefficient (Wildman–Crippen LogP) is -0.0706. The fourth-order valence-corrected chi connectivity index (χ4v) is 0.587. The molecule has 0 saturated heterocycles. The summed E-state index contributed by atoms with van der Waals surface area (Å²) in [7, 11) is 4.50. The smallest absolute Gasteiger partial charge is 0.153 e. The van der Waals surface area contributed by atoms with Gasteiger partial charge in [-0.1, -0.05) is 12.1 Å². The van der Waals surface area contributed by atoms with E-state index >= 15 is 0 Å². The predicted molar refractivity (Wildman–Crippen MR) is 63.8 cm³/mol. The maximum absolute atomic E-state index is 10.1. The minimum Gasteiger partial charge on any atom is -0.507 e. The molecule has 0 aromatic heterocycles. The molecule has 1 aromatic carbocycles. The number of phenolic OH excluding ortho intramolecular Hbond substituents is 1. The Hall–Kier alpha value is -1.43. The summed E-state index contributed by atoms with van der Waals surface area (Å²) in [6.07, 6.45) is 0.620. The zero-order valence-electron chi connectivity index (χ0n) is 9.47. The van der Waals surface area contributed by atoms with Crippen molar-refractivity contribution in [3.63, 3.8) is 0 Å². The molecule has 0 aliphatic carbocycles. The minimum absolute atomic E-state index is 0.0347. The molecule has 0 atom stereocenters. The third-order valence-corrected chi connectivity index (χ3v) is 1.06. The molecule has 15 heavy (non-hydrogen) atoms. The highest BCUT2D eigenvalue weighted by Gasteiger charge is 1.93. The van der Waals surface area contributed by atoms with Crippen molar-refractivity contribution in [3.05, 3.63) is 29.8 Å². The highest BCUT2D eigenvalue weighted by atomic mass is 16.3. The summed E-state index contributed by atoms with van der Waals surface area (Å²) in [6.45, 7) is 0. The van der Waals surface area contributed by atoms with Gasteiger partial charge in [-0.2, -0.15) is 0 Å². The molecule has 1 rings (SSSR count). The van der Waals surface area contributed by atoms with Crippen molar-refractivity contribution in [2.45, 2.75) is 0 Å². The molecular formula is C10H21N3O2. The van der Waals surface area contributed by atoms with E-state index in [-0.39, 0.29) is 5.75 Å². The van der Waals surface area contributed by atoms with Gasteiger partial charge in [-0.3, -0.25) is 4.79 Å². The monoisotopic (exact) mass is 215 g/mol. The summed E-state index contributed by atoms with van der Waals surface area (Å²) < 4.78 is 0. The van der Waals surface area contributed by atoms with Crippen LogP contribution in [0.4, 0.5) is 0 Å². The first-order chi connectivity index (χ1) is 7.34. The van der Waals surface area contributed by atoms with E-state index in [1.54, 1.807) is 18.2 Å². The van der Waals surface area contributed by atoms with E-state index in [9.17, 15) is 4.79 Å². The van der Waals surface area contributed by atoms with Crippen LogP contribution >= 0.6 is 0 Å². The molecule has 0 aliphatic rings. The van der Waals surface area contributed by atoms with E-state index in [1.807, 2.05) is 0 Å². The molecule has 0 amide bonds. The summed E-state index contributed by atoms with van der Waals surface area (Å²) in [4.78, 5) is 10.1. The van der Waals surface area contributed by atoms with Gasteiger partial charge in [-0.05, 0) is 33.3 Å². The largest absolute Gasteiger partial charge is 0.507 e. The van der Waals surface area contributed by atoms with Crippen LogP contribution in [0, 0.1) is 0 Å². The Kier molecular flexibility index (Phi) is 23.5. The number of rotatable bonds is 1. The van der Waals surface area contributed by atoms with Gasteiger partial charge in [-0.15, -0.1) is 0 Å². The second kappa shape index (κ2) is 18.4. The summed E-state index contributed by atoms with van der Waals surface area (Å²) in [5.74, 6) is 0.0347. The molecule has 0 heterocycles. The molecule has 88 valence electrons. The number of carbonyl (C=O) groups excluding carboxylic acids is 1. The fraction of sp³-hybridized carbons (Fsp3) is 0.300. The van der Waals surface area contributed by atoms with Gasteiger partial charge in [0.2, 0.25) is 0 Å². The van der Waals surface area contributed by atoms with Crippen LogP contribution in [0.5, 0.6) is 5.75 Å². The molecule has 0 radical (unpaired) electrons. The summed E-state index contributed by atoms with van der Waals surface area (Å²) in [5.41, 5.74) is 13.8. The number of aromatic hydroxyl groups is 1. The first-order valence-electron chi connectivity index (χ1n) is 4.31. The number of phenols is 1. The summed E-state index contributed by atoms with van der Waals surface area (Å²) >= 11 is 0. The van der Waals surface area contributed by atoms with Crippen molar-refractivity contribution in [1.29, 1.82) is 0 Å². The van der Waals surface area contributed by atoms with Crippen LogP contribution in [0.25, 0.3) is 0 Å². The lowest BCUT2D eigenvalue weighted by Gasteiger charge is -1.91. The third-order valence-electron chi connectivity index (χ3n) is 1.06. The number of nitrogens with two attached hydrogens (primary N) is 3. The highest BCUT2D eigenvalue weighted by Crippen LogP contribution is 2.11. The molecule has 0 aliphatic heterocycles. The van der Waals surface area contributed by atoms with Gasteiger partial charge in [-0.25, -0.2) is 0 Å². The summed E-state index contributed by atoms with van der Waals surface area (Å²) in [6, 6.07) is 6.40. The van der Waals surface area contributed by atoms with Gasteiger partial charge in [0.1, 0.15) is 5.75 Å². The third kappa shape index (κ3) is 10.5. The van der Waals surface area contributed by atoms with Crippen LogP contribution < -0.4 is 17.2 Å². The Balaban J connectivity index is -0.000000208. The van der Waals surface area contributed by atoms with Gasteiger partial charge < -0.3 is 22.3 Å². The van der Waals surface area contributed by atoms with Crippen LogP contribution in [0.1, 0.15) is 10.4 Å². The maximum Gasteiger partial charge on any atom is 0.153 e. The Morgan fingerprint density at radius 2 is 1.40 bits per heavy atom. The van der Waals surface area contributed by atoms with Crippen LogP contribution in [-0.2, 0) is 0 Å². The van der Waals surface area contributed by atoms with E-state index in [0.29, 0.717) is 11.8 Å². The van der Waals surface area contributed by atoms with Crippen LogP contribution in [0.2, 0.25) is 0 Å². The van der Waals surface area contributed by atoms with Gasteiger partial charge >= 0.3 is 0 Å². The molecule has 7 N–H and O–H groups in total. The van der Waals surface area contributed by atoms with Crippen LogP contribution in [-0.4, -0.2) is 32.5 Å². The Labute approximate surface area is 90.9 Å². The van der Waals surface area contributed by atoms with Crippen molar-refractivity contribution in [1.82, 2.24) is 0 Å². The number of hydrogen-bond donors (Lipinski definition) is 4. The van der Waals surface area contributed by atoms with Gasteiger partial charge in [0, 0.05) is 0 Å². The fourth-order valence-electron chi connectivity index (χ4n) is 0.587. The molecule has 5 heteroatoms. The first kappa shape index (κ1) is 19.2. The Bertz CT molecular complexity index is 230. The second-order valence-electron chi connectivity index (χ2n) is 1.68. The van der Waals surface area contributed by atoms with Gasteiger partial charge in [0.25, 0.3) is 0 Å². The standard InChI is InChI=1S/C7H6O2.3CH5N/c8-5-6-3-1-2-4-7(6)9;3*1-2/h1-5,9H;3*2H2,1H3. The Morgan fingerprint density at radius 3 is 1.67 bits per heavy atom. The molecule has 1 aromatic rings. The lowest BCUT2D eigenvalue weighted by Crippen LogP contribution is -1.77. The molecule has 0 spiro atoms. The normalized spacial score (nSPS) is 6.53. The van der Waals surface area contributed by atoms with E-state index < -0.39 is 0 Å². The van der Waals surface area contributed by atoms with Crippen molar-refractivity contribution in [3.8, 4) is 5.75 Å². The van der Waals surface area contributed by atoms with E-state index in [2.05, 4.69) is 17.2 Å². The zero-order valence-corrected chi connectivity index (χ0v) is 9.47. The SMILES string of the molecule is CN.CN.CN.O=Cc1ccccc1O. The average Bonchev–Trinajstić information content (AvgIpc) is 2.37. The van der Waals surface area contributed by atoms with Crippen LogP contribution in [0.15, 0.2) is 24.3 Å². The van der Waals surface area contributed by atoms with Crippen molar-refractivity contribution in [2.75, 3.05) is 21.1 Å². The molecule has 0 fully saturated rings. The number of benzene rings is 1. The Morgan fingerprint density at radius 1 is 1.00 bits per heavy atom. The molecular weight excluding hydrogens is 194 g/mol. The first-order valence-corrected chi connectivity index (χ1v) is 4.31. The number of aldehydes is 1. The molecule has 0 saturated carbocycles. The van der Waals surface area contributed by atoms with Crippen molar-refractivity contribution in [2.24, 2.45) is 17.2 Å².